The van der Waals surface area contributed by atoms with Crippen molar-refractivity contribution in [3.05, 3.63) is 0 Å². The Bertz CT molecular complexity index is 925. The standard InChI is InChI=1S/C20H24O10/c1-6-12(23)28-11-9(21)18-8-5-7(16(2,3)4)17(18)10(22)13(24)29-15(17)30-20(18,14(25)27-8)19(6,11)26/h6-11,15,21-22,26H,5H2,1-4H3/t6-,7+,8-,9-,10+,11+,15+,17-,18+,19-,20-/m1/s1. The lowest BCUT2D eigenvalue weighted by atomic mass is 9.51. The summed E-state index contributed by atoms with van der Waals surface area (Å²) in [4.78, 5) is 38.2. The number of fused-ring (bicyclic) bond motifs is 1. The van der Waals surface area contributed by atoms with Crippen LogP contribution in [0.5, 0.6) is 0 Å². The Balaban J connectivity index is 1.72. The molecule has 11 atom stereocenters. The molecule has 164 valence electrons. The van der Waals surface area contributed by atoms with E-state index >= 15 is 0 Å². The Kier molecular flexibility index (Phi) is 2.97. The van der Waals surface area contributed by atoms with Crippen molar-refractivity contribution in [1.82, 2.24) is 0 Å². The zero-order valence-electron chi connectivity index (χ0n) is 16.9. The Morgan fingerprint density at radius 2 is 1.70 bits per heavy atom. The van der Waals surface area contributed by atoms with Gasteiger partial charge in [-0.25, -0.2) is 9.59 Å². The van der Waals surface area contributed by atoms with Crippen LogP contribution in [0.2, 0.25) is 0 Å². The first-order valence-electron chi connectivity index (χ1n) is 10.2. The molecule has 0 aromatic carbocycles. The highest BCUT2D eigenvalue weighted by Gasteiger charge is 3.03. The van der Waals surface area contributed by atoms with Gasteiger partial charge in [-0.15, -0.1) is 0 Å². The molecule has 2 saturated carbocycles. The van der Waals surface area contributed by atoms with Gasteiger partial charge < -0.3 is 34.3 Å². The van der Waals surface area contributed by atoms with Crippen molar-refractivity contribution < 1.29 is 48.7 Å². The molecule has 6 rings (SSSR count). The predicted molar refractivity (Wildman–Crippen MR) is 92.0 cm³/mol. The van der Waals surface area contributed by atoms with E-state index in [1.165, 1.54) is 6.92 Å². The van der Waals surface area contributed by atoms with Crippen molar-refractivity contribution in [2.24, 2.45) is 28.1 Å². The van der Waals surface area contributed by atoms with Gasteiger partial charge in [-0.2, -0.15) is 0 Å². The van der Waals surface area contributed by atoms with Gasteiger partial charge in [0, 0.05) is 0 Å². The molecular formula is C20H24O10. The zero-order valence-corrected chi connectivity index (χ0v) is 16.9. The van der Waals surface area contributed by atoms with Gasteiger partial charge in [-0.1, -0.05) is 20.8 Å². The lowest BCUT2D eigenvalue weighted by molar-refractivity contribution is -0.239. The summed E-state index contributed by atoms with van der Waals surface area (Å²) in [7, 11) is 0. The van der Waals surface area contributed by atoms with Crippen LogP contribution >= 0.6 is 0 Å². The van der Waals surface area contributed by atoms with Gasteiger partial charge in [0.1, 0.15) is 12.2 Å². The normalized spacial score (nSPS) is 60.1. The molecule has 0 unspecified atom stereocenters. The van der Waals surface area contributed by atoms with Gasteiger partial charge in [0.15, 0.2) is 17.8 Å². The second kappa shape index (κ2) is 4.69. The third-order valence-electron chi connectivity index (χ3n) is 9.00. The van der Waals surface area contributed by atoms with Crippen LogP contribution in [0.15, 0.2) is 0 Å². The summed E-state index contributed by atoms with van der Waals surface area (Å²) in [5, 5.41) is 34.7. The summed E-state index contributed by atoms with van der Waals surface area (Å²) < 4.78 is 22.5. The third-order valence-corrected chi connectivity index (χ3v) is 9.00. The molecule has 2 spiro atoms. The maximum atomic E-state index is 13.4. The number of hydrogen-bond donors (Lipinski definition) is 3. The molecule has 4 heterocycles. The topological polar surface area (TPSA) is 149 Å². The number of carbonyl (C=O) groups excluding carboxylic acids is 3. The molecule has 3 N–H and O–H groups in total. The molecule has 2 aliphatic carbocycles. The molecule has 30 heavy (non-hydrogen) atoms. The highest BCUT2D eigenvalue weighted by molar-refractivity contribution is 5.94. The minimum absolute atomic E-state index is 0.229. The molecule has 0 aromatic heterocycles. The number of aliphatic hydroxyl groups is 3. The molecule has 0 amide bonds. The van der Waals surface area contributed by atoms with Crippen molar-refractivity contribution in [2.45, 2.75) is 76.0 Å². The van der Waals surface area contributed by atoms with Crippen LogP contribution in [0.1, 0.15) is 34.1 Å². The first kappa shape index (κ1) is 19.0. The van der Waals surface area contributed by atoms with Gasteiger partial charge in [-0.05, 0) is 24.7 Å². The highest BCUT2D eigenvalue weighted by Crippen LogP contribution is 2.84. The third kappa shape index (κ3) is 1.33. The molecule has 6 aliphatic rings. The smallest absolute Gasteiger partial charge is 0.343 e. The van der Waals surface area contributed by atoms with Crippen molar-refractivity contribution in [2.75, 3.05) is 0 Å². The van der Waals surface area contributed by atoms with Gasteiger partial charge in [0.2, 0.25) is 11.9 Å². The Labute approximate surface area is 171 Å². The first-order valence-corrected chi connectivity index (χ1v) is 10.2. The maximum absolute atomic E-state index is 13.4. The van der Waals surface area contributed by atoms with Crippen LogP contribution in [0, 0.1) is 28.1 Å². The highest BCUT2D eigenvalue weighted by atomic mass is 16.8. The van der Waals surface area contributed by atoms with Gasteiger partial charge >= 0.3 is 17.9 Å². The molecule has 0 bridgehead atoms. The number of ether oxygens (including phenoxy) is 4. The second-order valence-electron chi connectivity index (χ2n) is 10.7. The fourth-order valence-corrected chi connectivity index (χ4v) is 8.12. The lowest BCUT2D eigenvalue weighted by Gasteiger charge is -2.47. The largest absolute Gasteiger partial charge is 0.459 e. The van der Waals surface area contributed by atoms with Crippen LogP contribution in [-0.2, 0) is 33.3 Å². The van der Waals surface area contributed by atoms with Gasteiger partial charge in [-0.3, -0.25) is 4.79 Å². The fraction of sp³-hybridized carbons (Fsp3) is 0.850. The van der Waals surface area contributed by atoms with Gasteiger partial charge in [0.25, 0.3) is 0 Å². The number of hydrogen-bond acceptors (Lipinski definition) is 10. The van der Waals surface area contributed by atoms with E-state index in [4.69, 9.17) is 18.9 Å². The van der Waals surface area contributed by atoms with Crippen molar-refractivity contribution >= 4 is 17.9 Å². The van der Waals surface area contributed by atoms with Crippen molar-refractivity contribution in [3.8, 4) is 0 Å². The molecule has 4 saturated heterocycles. The van der Waals surface area contributed by atoms with E-state index in [0.29, 0.717) is 0 Å². The summed E-state index contributed by atoms with van der Waals surface area (Å²) >= 11 is 0. The SMILES string of the molecule is C[C@@H]1C(=O)O[C@H]2[C@@H](O)[C@@]34[C@H]5C[C@@H](C(C)(C)C)[C@@]36[C@@H](OC(=O)[C@@H]6O)O[C@@]4(C(=O)O5)[C@@]12O. The fourth-order valence-electron chi connectivity index (χ4n) is 8.12. The van der Waals surface area contributed by atoms with Crippen molar-refractivity contribution in [1.29, 1.82) is 0 Å². The lowest BCUT2D eigenvalue weighted by Crippen LogP contribution is -2.67. The Morgan fingerprint density at radius 1 is 1.03 bits per heavy atom. The number of esters is 3. The van der Waals surface area contributed by atoms with E-state index in [-0.39, 0.29) is 6.42 Å². The maximum Gasteiger partial charge on any atom is 0.343 e. The average molecular weight is 424 g/mol. The monoisotopic (exact) mass is 424 g/mol. The molecule has 6 fully saturated rings. The molecular weight excluding hydrogens is 400 g/mol. The van der Waals surface area contributed by atoms with E-state index in [1.807, 2.05) is 20.8 Å². The molecule has 10 nitrogen and oxygen atoms in total. The number of rotatable bonds is 0. The van der Waals surface area contributed by atoms with Crippen LogP contribution in [-0.4, -0.2) is 75.1 Å². The minimum atomic E-state index is -2.24. The molecule has 10 heteroatoms. The Morgan fingerprint density at radius 3 is 2.33 bits per heavy atom. The second-order valence-corrected chi connectivity index (χ2v) is 10.7. The zero-order chi connectivity index (χ0) is 21.8. The van der Waals surface area contributed by atoms with E-state index in [0.717, 1.165) is 0 Å². The van der Waals surface area contributed by atoms with Crippen LogP contribution in [0.3, 0.4) is 0 Å². The van der Waals surface area contributed by atoms with E-state index < -0.39 is 87.9 Å². The summed E-state index contributed by atoms with van der Waals surface area (Å²) in [6.07, 6.45) is -6.91. The predicted octanol–water partition coefficient (Wildman–Crippen LogP) is -1.37. The average Bonchev–Trinajstić information content (AvgIpc) is 3.35. The minimum Gasteiger partial charge on any atom is -0.459 e. The number of aliphatic hydroxyl groups excluding tert-OH is 2. The quantitative estimate of drug-likeness (QED) is 0.314. The summed E-state index contributed by atoms with van der Waals surface area (Å²) in [5.74, 6) is -4.32. The molecule has 4 aliphatic heterocycles. The Hall–Kier alpha value is -1.75. The van der Waals surface area contributed by atoms with Crippen LogP contribution in [0.4, 0.5) is 0 Å². The van der Waals surface area contributed by atoms with Crippen LogP contribution < -0.4 is 0 Å². The summed E-state index contributed by atoms with van der Waals surface area (Å²) in [6.45, 7) is 7.14. The van der Waals surface area contributed by atoms with E-state index in [2.05, 4.69) is 0 Å². The van der Waals surface area contributed by atoms with Crippen LogP contribution in [0.25, 0.3) is 0 Å². The van der Waals surface area contributed by atoms with E-state index in [9.17, 15) is 29.7 Å². The summed E-state index contributed by atoms with van der Waals surface area (Å²) in [6, 6.07) is 0. The number of carbonyl (C=O) groups is 3. The van der Waals surface area contributed by atoms with E-state index in [1.54, 1.807) is 0 Å². The molecule has 0 radical (unpaired) electrons. The van der Waals surface area contributed by atoms with Gasteiger partial charge in [0.05, 0.1) is 16.7 Å². The first-order chi connectivity index (χ1) is 13.8. The van der Waals surface area contributed by atoms with Crippen molar-refractivity contribution in [3.63, 3.8) is 0 Å². The molecule has 0 aromatic rings. The summed E-state index contributed by atoms with van der Waals surface area (Å²) in [5.41, 5.74) is -8.26.